The van der Waals surface area contributed by atoms with E-state index in [4.69, 9.17) is 20.0 Å². The van der Waals surface area contributed by atoms with Crippen molar-refractivity contribution in [2.24, 2.45) is 5.92 Å². The van der Waals surface area contributed by atoms with Gasteiger partial charge in [0.05, 0.1) is 12.2 Å². The molecule has 0 aliphatic carbocycles. The van der Waals surface area contributed by atoms with Crippen LogP contribution in [0.1, 0.15) is 32.1 Å². The molecule has 1 rings (SSSR count). The number of aryl methyl sites for hydroxylation is 1. The number of aromatic nitrogens is 2. The lowest BCUT2D eigenvalue weighted by molar-refractivity contribution is -0.148. The van der Waals surface area contributed by atoms with Crippen molar-refractivity contribution in [2.45, 2.75) is 44.3 Å². The summed E-state index contributed by atoms with van der Waals surface area (Å²) in [6.07, 6.45) is 7.83. The molecule has 1 aromatic heterocycles. The predicted molar refractivity (Wildman–Crippen MR) is 79.9 cm³/mol. The molecule has 0 radical (unpaired) electrons. The first-order valence-corrected chi connectivity index (χ1v) is 8.88. The van der Waals surface area contributed by atoms with Gasteiger partial charge in [0.2, 0.25) is 0 Å². The van der Waals surface area contributed by atoms with Crippen molar-refractivity contribution in [1.82, 2.24) is 9.55 Å². The molecule has 0 aromatic carbocycles. The molecule has 1 heterocycles. The van der Waals surface area contributed by atoms with Crippen LogP contribution in [0.3, 0.4) is 0 Å². The molecule has 2 unspecified atom stereocenters. The van der Waals surface area contributed by atoms with Gasteiger partial charge in [0, 0.05) is 18.9 Å². The number of carboxylic acids is 2. The maximum atomic E-state index is 11.2. The second-order valence-electron chi connectivity index (χ2n) is 5.32. The lowest BCUT2D eigenvalue weighted by atomic mass is 9.97. The van der Waals surface area contributed by atoms with Crippen molar-refractivity contribution in [3.63, 3.8) is 0 Å². The summed E-state index contributed by atoms with van der Waals surface area (Å²) in [6.45, 7) is 0.780. The summed E-state index contributed by atoms with van der Waals surface area (Å²) in [6, 6.07) is 0. The molecular weight excluding hydrogens is 327 g/mol. The number of carbonyl (C=O) groups is 2. The van der Waals surface area contributed by atoms with Crippen LogP contribution < -0.4 is 0 Å². The van der Waals surface area contributed by atoms with Crippen molar-refractivity contribution in [1.29, 1.82) is 0 Å². The Morgan fingerprint density at radius 1 is 1.09 bits per heavy atom. The number of nitrogens with zero attached hydrogens (tertiary/aromatic N) is 2. The zero-order chi connectivity index (χ0) is 17.5. The molecule has 2 atom stereocenters. The maximum absolute atomic E-state index is 11.2. The first-order valence-electron chi connectivity index (χ1n) is 7.20. The van der Waals surface area contributed by atoms with Crippen LogP contribution in [-0.4, -0.2) is 47.1 Å². The molecule has 0 saturated carbocycles. The van der Waals surface area contributed by atoms with Gasteiger partial charge in [0.15, 0.2) is 5.66 Å². The molecule has 0 amide bonds. The molecule has 10 heteroatoms. The summed E-state index contributed by atoms with van der Waals surface area (Å²) in [4.78, 5) is 44.2. The van der Waals surface area contributed by atoms with E-state index in [9.17, 15) is 14.2 Å². The average molecular weight is 348 g/mol. The van der Waals surface area contributed by atoms with Crippen LogP contribution in [-0.2, 0) is 20.7 Å². The van der Waals surface area contributed by atoms with Crippen LogP contribution in [0, 0.1) is 5.92 Å². The van der Waals surface area contributed by atoms with Crippen molar-refractivity contribution in [3.05, 3.63) is 18.7 Å². The van der Waals surface area contributed by atoms with Crippen molar-refractivity contribution < 1.29 is 34.2 Å². The second-order valence-corrected chi connectivity index (χ2v) is 7.05. The van der Waals surface area contributed by atoms with E-state index in [1.807, 2.05) is 10.8 Å². The van der Waals surface area contributed by atoms with Gasteiger partial charge >= 0.3 is 19.5 Å². The van der Waals surface area contributed by atoms with Crippen LogP contribution >= 0.6 is 7.60 Å². The second kappa shape index (κ2) is 8.81. The van der Waals surface area contributed by atoms with E-state index in [0.717, 1.165) is 19.4 Å². The number of carboxylic acid groups (broad SMARTS) is 2. The normalized spacial score (nSPS) is 14.3. The van der Waals surface area contributed by atoms with Gasteiger partial charge in [-0.1, -0.05) is 19.3 Å². The van der Waals surface area contributed by atoms with Gasteiger partial charge in [-0.15, -0.1) is 0 Å². The van der Waals surface area contributed by atoms with Gasteiger partial charge in [0.25, 0.3) is 0 Å². The largest absolute Gasteiger partial charge is 0.481 e. The van der Waals surface area contributed by atoms with Crippen molar-refractivity contribution in [3.8, 4) is 0 Å². The fraction of sp³-hybridized carbons (Fsp3) is 0.615. The maximum Gasteiger partial charge on any atom is 0.340 e. The summed E-state index contributed by atoms with van der Waals surface area (Å²) in [5, 5.41) is 18.0. The highest BCUT2D eigenvalue weighted by molar-refractivity contribution is 7.53. The fourth-order valence-electron chi connectivity index (χ4n) is 2.40. The quantitative estimate of drug-likeness (QED) is 0.344. The van der Waals surface area contributed by atoms with E-state index < -0.39 is 31.1 Å². The van der Waals surface area contributed by atoms with E-state index >= 15 is 0 Å². The van der Waals surface area contributed by atoms with E-state index in [1.54, 1.807) is 12.5 Å². The number of hydrogen-bond donors (Lipinski definition) is 4. The Morgan fingerprint density at radius 3 is 2.22 bits per heavy atom. The monoisotopic (exact) mass is 348 g/mol. The molecule has 9 nitrogen and oxygen atoms in total. The number of rotatable bonds is 11. The topological polar surface area (TPSA) is 150 Å². The average Bonchev–Trinajstić information content (AvgIpc) is 2.92. The lowest BCUT2D eigenvalue weighted by Crippen LogP contribution is -2.34. The zero-order valence-electron chi connectivity index (χ0n) is 12.5. The van der Waals surface area contributed by atoms with Crippen LogP contribution in [0.4, 0.5) is 0 Å². The fourth-order valence-corrected chi connectivity index (χ4v) is 3.43. The molecule has 0 spiro atoms. The lowest BCUT2D eigenvalue weighted by Gasteiger charge is -2.21. The Morgan fingerprint density at radius 2 is 1.74 bits per heavy atom. The third-order valence-electron chi connectivity index (χ3n) is 3.55. The van der Waals surface area contributed by atoms with Crippen LogP contribution in [0.15, 0.2) is 18.7 Å². The molecule has 1 aromatic rings. The number of aliphatic carboxylic acids is 2. The Kier molecular flexibility index (Phi) is 7.41. The smallest absolute Gasteiger partial charge is 0.340 e. The molecule has 23 heavy (non-hydrogen) atoms. The number of hydrogen-bond acceptors (Lipinski definition) is 4. The summed E-state index contributed by atoms with van der Waals surface area (Å²) in [5.74, 6) is -4.88. The van der Waals surface area contributed by atoms with Gasteiger partial charge < -0.3 is 24.6 Å². The highest BCUT2D eigenvalue weighted by atomic mass is 31.2. The van der Waals surface area contributed by atoms with Gasteiger partial charge in [-0.2, -0.15) is 0 Å². The highest BCUT2D eigenvalue weighted by Crippen LogP contribution is 2.46. The van der Waals surface area contributed by atoms with E-state index in [2.05, 4.69) is 4.98 Å². The van der Waals surface area contributed by atoms with E-state index in [-0.39, 0.29) is 6.42 Å². The molecule has 4 N–H and O–H groups in total. The molecule has 0 aliphatic heterocycles. The summed E-state index contributed by atoms with van der Waals surface area (Å²) in [7, 11) is -5.03. The third-order valence-corrected chi connectivity index (χ3v) is 4.86. The highest BCUT2D eigenvalue weighted by Gasteiger charge is 2.45. The molecule has 0 aliphatic rings. The SMILES string of the molecule is O=C(O)C(CCCCCCn1ccnc1)C(C(=O)O)P(=O)(O)O. The van der Waals surface area contributed by atoms with Gasteiger partial charge in [-0.3, -0.25) is 14.2 Å². The minimum atomic E-state index is -5.03. The number of imidazole rings is 1. The van der Waals surface area contributed by atoms with Crippen LogP contribution in [0.5, 0.6) is 0 Å². The first-order chi connectivity index (χ1) is 10.7. The standard InChI is InChI=1S/C13H21N2O7P/c16-12(17)10(11(13(18)19)23(20,21)22)5-3-1-2-4-7-15-8-6-14-9-15/h6,8-11H,1-5,7H2,(H,16,17)(H,18,19)(H2,20,21,22). The summed E-state index contributed by atoms with van der Waals surface area (Å²) < 4.78 is 13.1. The van der Waals surface area contributed by atoms with Gasteiger partial charge in [-0.25, -0.2) is 4.98 Å². The Hall–Kier alpha value is -1.70. The van der Waals surface area contributed by atoms with Crippen molar-refractivity contribution >= 4 is 19.5 Å². The number of unbranched alkanes of at least 4 members (excludes halogenated alkanes) is 3. The third kappa shape index (κ3) is 6.52. The summed E-state index contributed by atoms with van der Waals surface area (Å²) >= 11 is 0. The Balaban J connectivity index is 2.42. The van der Waals surface area contributed by atoms with Gasteiger partial charge in [0.1, 0.15) is 0 Å². The van der Waals surface area contributed by atoms with Crippen molar-refractivity contribution in [2.75, 3.05) is 0 Å². The Bertz CT molecular complexity index is 555. The minimum Gasteiger partial charge on any atom is -0.481 e. The van der Waals surface area contributed by atoms with Crippen LogP contribution in [0.25, 0.3) is 0 Å². The summed E-state index contributed by atoms with van der Waals surface area (Å²) in [5.41, 5.74) is -2.20. The first kappa shape index (κ1) is 19.3. The minimum absolute atomic E-state index is 0.0809. The molecular formula is C13H21N2O7P. The molecule has 0 bridgehead atoms. The Labute approximate surface area is 133 Å². The van der Waals surface area contributed by atoms with E-state index in [0.29, 0.717) is 12.8 Å². The van der Waals surface area contributed by atoms with Gasteiger partial charge in [-0.05, 0) is 12.8 Å². The zero-order valence-corrected chi connectivity index (χ0v) is 13.4. The molecule has 0 saturated heterocycles. The molecule has 0 fully saturated rings. The van der Waals surface area contributed by atoms with Crippen LogP contribution in [0.2, 0.25) is 0 Å². The molecule has 130 valence electrons. The van der Waals surface area contributed by atoms with E-state index in [1.165, 1.54) is 0 Å². The predicted octanol–water partition coefficient (Wildman–Crippen LogP) is 1.17.